The lowest BCUT2D eigenvalue weighted by Gasteiger charge is -2.46. The first-order valence-corrected chi connectivity index (χ1v) is 11.0. The molecule has 0 spiro atoms. The van der Waals surface area contributed by atoms with Gasteiger partial charge < -0.3 is 15.4 Å². The monoisotopic (exact) mass is 416 g/mol. The maximum atomic E-state index is 11.3. The van der Waals surface area contributed by atoms with Crippen LogP contribution in [0.15, 0.2) is 24.4 Å². The van der Waals surface area contributed by atoms with Gasteiger partial charge in [-0.1, -0.05) is 0 Å². The molecule has 0 saturated carbocycles. The Bertz CT molecular complexity index is 831. The molecule has 7 heteroatoms. The van der Waals surface area contributed by atoms with Crippen LogP contribution in [0, 0.1) is 0 Å². The Morgan fingerprint density at radius 3 is 2.66 bits per heavy atom. The molecule has 0 atom stereocenters. The number of methoxy groups -OCH3 is 1. The van der Waals surface area contributed by atoms with Gasteiger partial charge in [-0.05, 0) is 71.6 Å². The molecule has 0 aromatic carbocycles. The first-order chi connectivity index (χ1) is 13.7. The summed E-state index contributed by atoms with van der Waals surface area (Å²) in [6, 6.07) is 6.49. The Balaban J connectivity index is 1.65. The van der Waals surface area contributed by atoms with Crippen LogP contribution >= 0.6 is 11.3 Å². The number of esters is 1. The molecule has 1 aliphatic rings. The number of aromatic nitrogens is 2. The van der Waals surface area contributed by atoms with Crippen LogP contribution < -0.4 is 10.6 Å². The van der Waals surface area contributed by atoms with Crippen LogP contribution in [0.5, 0.6) is 0 Å². The van der Waals surface area contributed by atoms with E-state index >= 15 is 0 Å². The van der Waals surface area contributed by atoms with Crippen LogP contribution in [-0.2, 0) is 16.0 Å². The van der Waals surface area contributed by atoms with E-state index in [1.165, 1.54) is 12.0 Å². The summed E-state index contributed by atoms with van der Waals surface area (Å²) < 4.78 is 4.70. The van der Waals surface area contributed by atoms with Gasteiger partial charge in [0.2, 0.25) is 5.95 Å². The number of ether oxygens (including phenoxy) is 1. The normalized spacial score (nSPS) is 18.4. The molecule has 0 bridgehead atoms. The van der Waals surface area contributed by atoms with E-state index in [-0.39, 0.29) is 17.0 Å². The van der Waals surface area contributed by atoms with E-state index in [1.807, 2.05) is 12.3 Å². The number of hydrogen-bond donors (Lipinski definition) is 2. The lowest BCUT2D eigenvalue weighted by atomic mass is 9.80. The zero-order chi connectivity index (χ0) is 21.1. The van der Waals surface area contributed by atoms with Crippen LogP contribution in [0.2, 0.25) is 0 Å². The van der Waals surface area contributed by atoms with Crippen molar-refractivity contribution in [3.63, 3.8) is 0 Å². The smallest absolute Gasteiger partial charge is 0.305 e. The molecule has 0 aliphatic carbocycles. The lowest BCUT2D eigenvalue weighted by Crippen LogP contribution is -2.60. The van der Waals surface area contributed by atoms with Gasteiger partial charge >= 0.3 is 5.97 Å². The van der Waals surface area contributed by atoms with E-state index in [2.05, 4.69) is 55.4 Å². The van der Waals surface area contributed by atoms with E-state index in [9.17, 15) is 4.79 Å². The summed E-state index contributed by atoms with van der Waals surface area (Å²) in [5.74, 6) is 0.527. The van der Waals surface area contributed by atoms with Gasteiger partial charge in [-0.15, -0.1) is 11.3 Å². The number of carbonyl (C=O) groups excluding carboxylic acids is 1. The molecule has 158 valence electrons. The SMILES string of the molecule is COC(=O)CCCc1ccc(-c2ccnc(NC3CC(C)(C)NC(C)(C)C3)n2)s1. The van der Waals surface area contributed by atoms with Crippen molar-refractivity contribution in [1.29, 1.82) is 0 Å². The minimum absolute atomic E-state index is 0.0733. The van der Waals surface area contributed by atoms with Crippen molar-refractivity contribution in [2.45, 2.75) is 76.9 Å². The highest BCUT2D eigenvalue weighted by molar-refractivity contribution is 7.15. The predicted octanol–water partition coefficient (Wildman–Crippen LogP) is 4.42. The van der Waals surface area contributed by atoms with Crippen molar-refractivity contribution in [1.82, 2.24) is 15.3 Å². The zero-order valence-corrected chi connectivity index (χ0v) is 18.9. The van der Waals surface area contributed by atoms with Gasteiger partial charge in [-0.3, -0.25) is 4.79 Å². The fourth-order valence-corrected chi connectivity index (χ4v) is 5.35. The third kappa shape index (κ3) is 6.24. The lowest BCUT2D eigenvalue weighted by molar-refractivity contribution is -0.140. The molecule has 29 heavy (non-hydrogen) atoms. The summed E-state index contributed by atoms with van der Waals surface area (Å²) in [5, 5.41) is 7.26. The molecule has 2 aromatic rings. The Morgan fingerprint density at radius 2 is 1.97 bits per heavy atom. The molecule has 0 unspecified atom stereocenters. The standard InChI is InChI=1S/C22H32N4O2S/c1-21(2)13-15(14-22(3,4)26-21)24-20-23-12-11-17(25-20)18-10-9-16(29-18)7-6-8-19(27)28-5/h9-12,15,26H,6-8,13-14H2,1-5H3,(H,23,24,25). The van der Waals surface area contributed by atoms with Crippen LogP contribution in [0.4, 0.5) is 5.95 Å². The summed E-state index contributed by atoms with van der Waals surface area (Å²) in [6.07, 6.45) is 5.98. The number of anilines is 1. The highest BCUT2D eigenvalue weighted by atomic mass is 32.1. The third-order valence-electron chi connectivity index (χ3n) is 5.12. The van der Waals surface area contributed by atoms with Crippen molar-refractivity contribution in [3.8, 4) is 10.6 Å². The fraction of sp³-hybridized carbons (Fsp3) is 0.591. The molecule has 0 amide bonds. The van der Waals surface area contributed by atoms with E-state index in [4.69, 9.17) is 9.72 Å². The van der Waals surface area contributed by atoms with Crippen molar-refractivity contribution in [2.75, 3.05) is 12.4 Å². The number of hydrogen-bond acceptors (Lipinski definition) is 7. The molecule has 3 rings (SSSR count). The summed E-state index contributed by atoms with van der Waals surface area (Å²) >= 11 is 1.72. The van der Waals surface area contributed by atoms with Crippen molar-refractivity contribution in [3.05, 3.63) is 29.3 Å². The Labute approximate surface area is 177 Å². The van der Waals surface area contributed by atoms with Crippen molar-refractivity contribution in [2.24, 2.45) is 0 Å². The molecule has 1 aliphatic heterocycles. The van der Waals surface area contributed by atoms with Crippen molar-refractivity contribution >= 4 is 23.3 Å². The Morgan fingerprint density at radius 1 is 1.24 bits per heavy atom. The van der Waals surface area contributed by atoms with E-state index < -0.39 is 0 Å². The number of nitrogens with zero attached hydrogens (tertiary/aromatic N) is 2. The molecule has 1 fully saturated rings. The van der Waals surface area contributed by atoms with E-state index in [0.29, 0.717) is 18.4 Å². The second-order valence-electron chi connectivity index (χ2n) is 9.10. The number of thiophene rings is 1. The molecule has 3 heterocycles. The van der Waals surface area contributed by atoms with Gasteiger partial charge in [0.05, 0.1) is 17.7 Å². The topological polar surface area (TPSA) is 76.1 Å². The maximum absolute atomic E-state index is 11.3. The van der Waals surface area contributed by atoms with Crippen LogP contribution in [0.25, 0.3) is 10.6 Å². The molecular weight excluding hydrogens is 384 g/mol. The fourth-order valence-electron chi connectivity index (χ4n) is 4.33. The highest BCUT2D eigenvalue weighted by Gasteiger charge is 2.37. The second-order valence-corrected chi connectivity index (χ2v) is 10.3. The molecular formula is C22H32N4O2S. The molecule has 6 nitrogen and oxygen atoms in total. The quantitative estimate of drug-likeness (QED) is 0.651. The maximum Gasteiger partial charge on any atom is 0.305 e. The Hall–Kier alpha value is -1.99. The minimum Gasteiger partial charge on any atom is -0.469 e. The van der Waals surface area contributed by atoms with Crippen molar-refractivity contribution < 1.29 is 9.53 Å². The molecule has 2 N–H and O–H groups in total. The first kappa shape index (κ1) is 21.7. The van der Waals surface area contributed by atoms with E-state index in [0.717, 1.165) is 36.3 Å². The van der Waals surface area contributed by atoms with Gasteiger partial charge in [-0.25, -0.2) is 9.97 Å². The van der Waals surface area contributed by atoms with Gasteiger partial charge in [0.1, 0.15) is 0 Å². The number of nitrogens with one attached hydrogen (secondary N) is 2. The molecule has 2 aromatic heterocycles. The molecule has 1 saturated heterocycles. The number of aryl methyl sites for hydroxylation is 1. The molecule has 0 radical (unpaired) electrons. The number of carbonyl (C=O) groups is 1. The summed E-state index contributed by atoms with van der Waals surface area (Å²) in [4.78, 5) is 22.8. The average molecular weight is 417 g/mol. The van der Waals surface area contributed by atoms with Gasteiger partial charge in [0.15, 0.2) is 0 Å². The van der Waals surface area contributed by atoms with Crippen LogP contribution in [0.3, 0.4) is 0 Å². The average Bonchev–Trinajstić information content (AvgIpc) is 3.08. The number of rotatable bonds is 7. The van der Waals surface area contributed by atoms with Crippen LogP contribution in [0.1, 0.15) is 58.3 Å². The zero-order valence-electron chi connectivity index (χ0n) is 18.0. The van der Waals surface area contributed by atoms with E-state index in [1.54, 1.807) is 11.3 Å². The second kappa shape index (κ2) is 8.79. The van der Waals surface area contributed by atoms with Gasteiger partial charge in [-0.2, -0.15) is 0 Å². The summed E-state index contributed by atoms with van der Waals surface area (Å²) in [6.45, 7) is 8.97. The van der Waals surface area contributed by atoms with Gasteiger partial charge in [0.25, 0.3) is 0 Å². The third-order valence-corrected chi connectivity index (χ3v) is 6.29. The first-order valence-electron chi connectivity index (χ1n) is 10.2. The minimum atomic E-state index is -0.155. The highest BCUT2D eigenvalue weighted by Crippen LogP contribution is 2.31. The largest absolute Gasteiger partial charge is 0.469 e. The van der Waals surface area contributed by atoms with Crippen LogP contribution in [-0.4, -0.2) is 40.2 Å². The Kier molecular flexibility index (Phi) is 6.58. The predicted molar refractivity (Wildman–Crippen MR) is 118 cm³/mol. The number of piperidine rings is 1. The summed E-state index contributed by atoms with van der Waals surface area (Å²) in [7, 11) is 1.43. The van der Waals surface area contributed by atoms with Gasteiger partial charge in [0, 0.05) is 34.6 Å². The summed E-state index contributed by atoms with van der Waals surface area (Å²) in [5.41, 5.74) is 1.08.